The van der Waals surface area contributed by atoms with Crippen molar-refractivity contribution in [3.8, 4) is 11.3 Å². The Labute approximate surface area is 169 Å². The van der Waals surface area contributed by atoms with Crippen molar-refractivity contribution in [2.75, 3.05) is 7.05 Å². The average Bonchev–Trinajstić information content (AvgIpc) is 3.29. The third-order valence-electron chi connectivity index (χ3n) is 4.64. The van der Waals surface area contributed by atoms with Gasteiger partial charge < -0.3 is 10.1 Å². The molecular formula is C20H20ClFN2O3S. The quantitative estimate of drug-likeness (QED) is 0.681. The summed E-state index contributed by atoms with van der Waals surface area (Å²) < 4.78 is 48.0. The normalized spacial score (nSPS) is 13.2. The van der Waals surface area contributed by atoms with Crippen LogP contribution < -0.4 is 5.32 Å². The maximum Gasteiger partial charge on any atom is 0.268 e. The lowest BCUT2D eigenvalue weighted by atomic mass is 10.1. The summed E-state index contributed by atoms with van der Waals surface area (Å²) in [4.78, 5) is 0.196. The van der Waals surface area contributed by atoms with Crippen LogP contribution in [0.2, 0.25) is 0 Å². The molecule has 0 atom stereocenters. The van der Waals surface area contributed by atoms with Crippen LogP contribution in [0.4, 0.5) is 4.39 Å². The van der Waals surface area contributed by atoms with Crippen LogP contribution in [0.15, 0.2) is 59.6 Å². The first-order valence-electron chi connectivity index (χ1n) is 8.57. The molecule has 0 saturated heterocycles. The van der Waals surface area contributed by atoms with E-state index in [1.807, 2.05) is 6.07 Å². The third-order valence-corrected chi connectivity index (χ3v) is 6.40. The van der Waals surface area contributed by atoms with Gasteiger partial charge in [-0.25, -0.2) is 16.8 Å². The standard InChI is InChI=1S/C20H19FN2O3S.ClH/c1-22-10-14-9-19(16-6-2-3-7-18(16)21)23(11-14)27(24,25)20-8-4-5-15-12-26-13-17(15)20;/h2-9,11,22H,10,12-13H2,1H3;1H. The highest BCUT2D eigenvalue weighted by molar-refractivity contribution is 7.90. The highest BCUT2D eigenvalue weighted by Gasteiger charge is 2.28. The van der Waals surface area contributed by atoms with Crippen LogP contribution in [0.25, 0.3) is 11.3 Å². The third kappa shape index (κ3) is 3.46. The van der Waals surface area contributed by atoms with Gasteiger partial charge in [-0.2, -0.15) is 0 Å². The van der Waals surface area contributed by atoms with Crippen molar-refractivity contribution < 1.29 is 17.5 Å². The second-order valence-electron chi connectivity index (χ2n) is 6.43. The van der Waals surface area contributed by atoms with Gasteiger partial charge in [0, 0.05) is 23.9 Å². The number of hydrogen-bond acceptors (Lipinski definition) is 4. The molecule has 1 N–H and O–H groups in total. The van der Waals surface area contributed by atoms with Gasteiger partial charge in [0.1, 0.15) is 5.82 Å². The van der Waals surface area contributed by atoms with Gasteiger partial charge in [0.2, 0.25) is 0 Å². The lowest BCUT2D eigenvalue weighted by Crippen LogP contribution is -2.15. The van der Waals surface area contributed by atoms with Gasteiger partial charge in [-0.05, 0) is 42.4 Å². The summed E-state index contributed by atoms with van der Waals surface area (Å²) in [7, 11) is -2.14. The molecule has 0 aliphatic carbocycles. The zero-order chi connectivity index (χ0) is 19.0. The Bertz CT molecular complexity index is 1110. The van der Waals surface area contributed by atoms with Gasteiger partial charge in [-0.15, -0.1) is 12.4 Å². The van der Waals surface area contributed by atoms with E-state index in [0.29, 0.717) is 24.4 Å². The fraction of sp³-hybridized carbons (Fsp3) is 0.200. The van der Waals surface area contributed by atoms with Gasteiger partial charge in [0.15, 0.2) is 0 Å². The average molecular weight is 423 g/mol. The van der Waals surface area contributed by atoms with Crippen molar-refractivity contribution in [2.24, 2.45) is 0 Å². The Morgan fingerprint density at radius 3 is 2.68 bits per heavy atom. The number of nitrogens with one attached hydrogen (secondary N) is 1. The Morgan fingerprint density at radius 2 is 1.93 bits per heavy atom. The number of halogens is 2. The maximum absolute atomic E-state index is 14.4. The van der Waals surface area contributed by atoms with Gasteiger partial charge in [-0.3, -0.25) is 0 Å². The summed E-state index contributed by atoms with van der Waals surface area (Å²) in [6, 6.07) is 13.0. The fourth-order valence-corrected chi connectivity index (χ4v) is 5.03. The van der Waals surface area contributed by atoms with Crippen molar-refractivity contribution in [2.45, 2.75) is 24.7 Å². The van der Waals surface area contributed by atoms with Crippen LogP contribution >= 0.6 is 12.4 Å². The lowest BCUT2D eigenvalue weighted by Gasteiger charge is -2.13. The van der Waals surface area contributed by atoms with E-state index < -0.39 is 15.8 Å². The zero-order valence-corrected chi connectivity index (χ0v) is 16.8. The summed E-state index contributed by atoms with van der Waals surface area (Å²) in [5.74, 6) is -0.468. The fourth-order valence-electron chi connectivity index (χ4n) is 3.38. The van der Waals surface area contributed by atoms with E-state index >= 15 is 0 Å². The maximum atomic E-state index is 14.4. The highest BCUT2D eigenvalue weighted by Crippen LogP contribution is 2.32. The predicted molar refractivity (Wildman–Crippen MR) is 107 cm³/mol. The number of rotatable bonds is 5. The molecule has 0 saturated carbocycles. The molecule has 0 unspecified atom stereocenters. The van der Waals surface area contributed by atoms with E-state index in [1.54, 1.807) is 49.6 Å². The first kappa shape index (κ1) is 20.5. The van der Waals surface area contributed by atoms with Crippen LogP contribution in [-0.4, -0.2) is 19.4 Å². The second-order valence-corrected chi connectivity index (χ2v) is 8.21. The van der Waals surface area contributed by atoms with Crippen LogP contribution in [0.1, 0.15) is 16.7 Å². The SMILES string of the molecule is CNCc1cc(-c2ccccc2F)n(S(=O)(=O)c2cccc3c2COC3)c1.Cl. The number of hydrogen-bond donors (Lipinski definition) is 1. The minimum Gasteiger partial charge on any atom is -0.372 e. The molecule has 0 bridgehead atoms. The van der Waals surface area contributed by atoms with Gasteiger partial charge in [0.05, 0.1) is 23.8 Å². The Morgan fingerprint density at radius 1 is 1.14 bits per heavy atom. The first-order chi connectivity index (χ1) is 13.0. The predicted octanol–water partition coefficient (Wildman–Crippen LogP) is 3.70. The molecule has 2 heterocycles. The highest BCUT2D eigenvalue weighted by atomic mass is 35.5. The summed E-state index contributed by atoms with van der Waals surface area (Å²) in [6.45, 7) is 1.12. The summed E-state index contributed by atoms with van der Waals surface area (Å²) in [6.07, 6.45) is 1.54. The van der Waals surface area contributed by atoms with E-state index in [9.17, 15) is 12.8 Å². The molecule has 4 rings (SSSR count). The molecule has 5 nitrogen and oxygen atoms in total. The Kier molecular flexibility index (Phi) is 5.90. The summed E-state index contributed by atoms with van der Waals surface area (Å²) in [5.41, 5.74) is 2.83. The van der Waals surface area contributed by atoms with Crippen molar-refractivity contribution in [1.82, 2.24) is 9.29 Å². The second kappa shape index (κ2) is 8.05. The van der Waals surface area contributed by atoms with Crippen LogP contribution in [-0.2, 0) is 34.5 Å². The molecule has 1 aromatic heterocycles. The van der Waals surface area contributed by atoms with E-state index in [4.69, 9.17) is 4.74 Å². The van der Waals surface area contributed by atoms with Crippen molar-refractivity contribution in [1.29, 1.82) is 0 Å². The van der Waals surface area contributed by atoms with Gasteiger partial charge in [-0.1, -0.05) is 24.3 Å². The molecule has 148 valence electrons. The van der Waals surface area contributed by atoms with Gasteiger partial charge >= 0.3 is 0 Å². The minimum absolute atomic E-state index is 0. The topological polar surface area (TPSA) is 60.3 Å². The molecule has 0 radical (unpaired) electrons. The molecule has 0 fully saturated rings. The number of aromatic nitrogens is 1. The number of nitrogens with zero attached hydrogens (tertiary/aromatic N) is 1. The van der Waals surface area contributed by atoms with E-state index in [2.05, 4.69) is 5.32 Å². The van der Waals surface area contributed by atoms with Crippen LogP contribution in [0.3, 0.4) is 0 Å². The molecule has 3 aromatic rings. The molecule has 0 spiro atoms. The summed E-state index contributed by atoms with van der Waals surface area (Å²) in [5, 5.41) is 3.00. The minimum atomic E-state index is -3.92. The molecular weight excluding hydrogens is 403 g/mol. The molecule has 1 aliphatic rings. The largest absolute Gasteiger partial charge is 0.372 e. The molecule has 1 aliphatic heterocycles. The van der Waals surface area contributed by atoms with Crippen molar-refractivity contribution >= 4 is 22.4 Å². The number of fused-ring (bicyclic) bond motifs is 1. The molecule has 2 aromatic carbocycles. The summed E-state index contributed by atoms with van der Waals surface area (Å²) >= 11 is 0. The zero-order valence-electron chi connectivity index (χ0n) is 15.2. The number of benzene rings is 2. The van der Waals surface area contributed by atoms with E-state index in [0.717, 1.165) is 11.1 Å². The Hall–Kier alpha value is -2.19. The Balaban J connectivity index is 0.00000225. The number of ether oxygens (including phenoxy) is 1. The lowest BCUT2D eigenvalue weighted by molar-refractivity contribution is 0.133. The van der Waals surface area contributed by atoms with E-state index in [1.165, 1.54) is 10.0 Å². The first-order valence-corrected chi connectivity index (χ1v) is 10.0. The molecule has 28 heavy (non-hydrogen) atoms. The smallest absolute Gasteiger partial charge is 0.268 e. The van der Waals surface area contributed by atoms with Crippen LogP contribution in [0.5, 0.6) is 0 Å². The van der Waals surface area contributed by atoms with Gasteiger partial charge in [0.25, 0.3) is 10.0 Å². The van der Waals surface area contributed by atoms with Crippen molar-refractivity contribution in [3.05, 3.63) is 77.2 Å². The van der Waals surface area contributed by atoms with Crippen LogP contribution in [0, 0.1) is 5.82 Å². The monoisotopic (exact) mass is 422 g/mol. The van der Waals surface area contributed by atoms with Crippen molar-refractivity contribution in [3.63, 3.8) is 0 Å². The molecule has 8 heteroatoms. The molecule has 0 amide bonds. The van der Waals surface area contributed by atoms with E-state index in [-0.39, 0.29) is 29.5 Å².